The summed E-state index contributed by atoms with van der Waals surface area (Å²) in [7, 11) is 4.21. The molecule has 0 aliphatic heterocycles. The molecule has 1 nitrogen and oxygen atoms in total. The van der Waals surface area contributed by atoms with Gasteiger partial charge in [-0.25, -0.2) is 0 Å². The Bertz CT molecular complexity index is 1230. The summed E-state index contributed by atoms with van der Waals surface area (Å²) >= 11 is 1.85. The molecule has 0 atom stereocenters. The van der Waals surface area contributed by atoms with E-state index in [1.165, 1.54) is 47.4 Å². The molecule has 0 saturated carbocycles. The average molecular weight is 327 g/mol. The average Bonchev–Trinajstić information content (AvgIpc) is 3.04. The fourth-order valence-corrected chi connectivity index (χ4v) is 4.56. The van der Waals surface area contributed by atoms with Gasteiger partial charge in [0.15, 0.2) is 0 Å². The van der Waals surface area contributed by atoms with Crippen molar-refractivity contribution in [3.63, 3.8) is 0 Å². The second kappa shape index (κ2) is 4.96. The molecule has 1 heterocycles. The third kappa shape index (κ3) is 1.93. The molecule has 0 bridgehead atoms. The van der Waals surface area contributed by atoms with Gasteiger partial charge in [0, 0.05) is 24.2 Å². The number of nitrogens with zero attached hydrogens (tertiary/aromatic N) is 1. The minimum Gasteiger partial charge on any atom is -0.370 e. The van der Waals surface area contributed by atoms with Crippen LogP contribution in [-0.4, -0.2) is 14.1 Å². The quantitative estimate of drug-likeness (QED) is 0.253. The maximum atomic E-state index is 2.33. The van der Waals surface area contributed by atoms with Gasteiger partial charge in [-0.15, -0.1) is 11.3 Å². The maximum Gasteiger partial charge on any atom is 0.0916 e. The molecule has 0 aliphatic carbocycles. The van der Waals surface area contributed by atoms with Crippen molar-refractivity contribution in [2.45, 2.75) is 0 Å². The van der Waals surface area contributed by atoms with Gasteiger partial charge in [0.2, 0.25) is 0 Å². The van der Waals surface area contributed by atoms with Crippen LogP contribution in [0.3, 0.4) is 0 Å². The minimum atomic E-state index is 1.30. The van der Waals surface area contributed by atoms with Gasteiger partial charge in [0.1, 0.15) is 0 Å². The first-order valence-corrected chi connectivity index (χ1v) is 8.97. The van der Waals surface area contributed by atoms with E-state index >= 15 is 0 Å². The first-order chi connectivity index (χ1) is 11.7. The van der Waals surface area contributed by atoms with Crippen LogP contribution in [0.1, 0.15) is 0 Å². The number of benzene rings is 4. The Labute approximate surface area is 144 Å². The van der Waals surface area contributed by atoms with Crippen LogP contribution in [0.15, 0.2) is 66.7 Å². The van der Waals surface area contributed by atoms with E-state index in [-0.39, 0.29) is 0 Å². The smallest absolute Gasteiger partial charge is 0.0916 e. The number of fused-ring (bicyclic) bond motifs is 6. The van der Waals surface area contributed by atoms with Crippen LogP contribution in [0.2, 0.25) is 0 Å². The van der Waals surface area contributed by atoms with Crippen molar-refractivity contribution in [2.24, 2.45) is 0 Å². The summed E-state index contributed by atoms with van der Waals surface area (Å²) < 4.78 is 1.35. The summed E-state index contributed by atoms with van der Waals surface area (Å²) in [5, 5.41) is 10.6. The standard InChI is InChI=1S/C22H17NS/c1-23(2)22-13-20-18-8-7-16-11-14-5-3-4-6-15(14)12-19(16)17(18)9-10-21(20)24-22/h3-13H,1-2H3. The molecule has 0 radical (unpaired) electrons. The molecule has 1 aromatic heterocycles. The van der Waals surface area contributed by atoms with E-state index in [9.17, 15) is 0 Å². The van der Waals surface area contributed by atoms with E-state index in [2.05, 4.69) is 85.7 Å². The summed E-state index contributed by atoms with van der Waals surface area (Å²) in [5.74, 6) is 0. The van der Waals surface area contributed by atoms with Crippen LogP contribution in [-0.2, 0) is 0 Å². The number of hydrogen-bond acceptors (Lipinski definition) is 2. The van der Waals surface area contributed by atoms with Crippen molar-refractivity contribution in [2.75, 3.05) is 19.0 Å². The maximum absolute atomic E-state index is 2.33. The topological polar surface area (TPSA) is 3.24 Å². The third-order valence-corrected chi connectivity index (χ3v) is 6.08. The van der Waals surface area contributed by atoms with Gasteiger partial charge in [0.25, 0.3) is 0 Å². The predicted octanol–water partition coefficient (Wildman–Crippen LogP) is 6.43. The van der Waals surface area contributed by atoms with Crippen molar-refractivity contribution in [1.82, 2.24) is 0 Å². The summed E-state index contributed by atoms with van der Waals surface area (Å²) in [6.07, 6.45) is 0. The largest absolute Gasteiger partial charge is 0.370 e. The molecule has 0 N–H and O–H groups in total. The first kappa shape index (κ1) is 13.8. The molecule has 0 amide bonds. The Hall–Kier alpha value is -2.58. The van der Waals surface area contributed by atoms with Gasteiger partial charge in [-0.1, -0.05) is 42.5 Å². The number of thiophene rings is 1. The molecule has 5 aromatic rings. The van der Waals surface area contributed by atoms with Crippen LogP contribution in [0.5, 0.6) is 0 Å². The summed E-state index contributed by atoms with van der Waals surface area (Å²) in [4.78, 5) is 2.19. The van der Waals surface area contributed by atoms with Gasteiger partial charge in [-0.05, 0) is 56.6 Å². The van der Waals surface area contributed by atoms with Crippen molar-refractivity contribution in [3.8, 4) is 0 Å². The monoisotopic (exact) mass is 327 g/mol. The minimum absolute atomic E-state index is 1.30. The lowest BCUT2D eigenvalue weighted by Crippen LogP contribution is -2.05. The molecule has 0 aliphatic rings. The summed E-state index contributed by atoms with van der Waals surface area (Å²) in [6, 6.07) is 24.6. The second-order valence-electron chi connectivity index (χ2n) is 6.54. The SMILES string of the molecule is CN(C)c1cc2c(ccc3c4cc5ccccc5cc4ccc23)s1. The Balaban J connectivity index is 1.92. The summed E-state index contributed by atoms with van der Waals surface area (Å²) in [5.41, 5.74) is 0. The molecular weight excluding hydrogens is 310 g/mol. The van der Waals surface area contributed by atoms with Gasteiger partial charge >= 0.3 is 0 Å². The molecular formula is C22H17NS. The molecule has 0 unspecified atom stereocenters. The number of anilines is 1. The zero-order valence-electron chi connectivity index (χ0n) is 13.7. The molecule has 24 heavy (non-hydrogen) atoms. The zero-order valence-corrected chi connectivity index (χ0v) is 14.5. The fraction of sp³-hybridized carbons (Fsp3) is 0.0909. The molecule has 116 valence electrons. The van der Waals surface area contributed by atoms with Crippen molar-refractivity contribution >= 4 is 58.7 Å². The summed E-state index contributed by atoms with van der Waals surface area (Å²) in [6.45, 7) is 0. The van der Waals surface area contributed by atoms with Crippen LogP contribution >= 0.6 is 11.3 Å². The molecule has 0 fully saturated rings. The van der Waals surface area contributed by atoms with E-state index in [0.717, 1.165) is 0 Å². The lowest BCUT2D eigenvalue weighted by molar-refractivity contribution is 1.16. The highest BCUT2D eigenvalue weighted by Crippen LogP contribution is 2.38. The Morgan fingerprint density at radius 3 is 2.12 bits per heavy atom. The van der Waals surface area contributed by atoms with E-state index in [4.69, 9.17) is 0 Å². The van der Waals surface area contributed by atoms with Gasteiger partial charge < -0.3 is 4.90 Å². The molecule has 0 spiro atoms. The Morgan fingerprint density at radius 1 is 0.625 bits per heavy atom. The van der Waals surface area contributed by atoms with E-state index in [0.29, 0.717) is 0 Å². The van der Waals surface area contributed by atoms with E-state index < -0.39 is 0 Å². The van der Waals surface area contributed by atoms with Crippen molar-refractivity contribution in [1.29, 1.82) is 0 Å². The molecule has 0 saturated heterocycles. The zero-order chi connectivity index (χ0) is 16.3. The van der Waals surface area contributed by atoms with Crippen LogP contribution in [0, 0.1) is 0 Å². The van der Waals surface area contributed by atoms with Gasteiger partial charge in [-0.3, -0.25) is 0 Å². The lowest BCUT2D eigenvalue weighted by atomic mass is 9.97. The van der Waals surface area contributed by atoms with Crippen LogP contribution in [0.25, 0.3) is 42.4 Å². The van der Waals surface area contributed by atoms with Crippen LogP contribution in [0.4, 0.5) is 5.00 Å². The lowest BCUT2D eigenvalue weighted by Gasteiger charge is -2.07. The highest BCUT2D eigenvalue weighted by atomic mass is 32.1. The first-order valence-electron chi connectivity index (χ1n) is 8.16. The van der Waals surface area contributed by atoms with E-state index in [1.54, 1.807) is 0 Å². The van der Waals surface area contributed by atoms with E-state index in [1.807, 2.05) is 11.3 Å². The fourth-order valence-electron chi connectivity index (χ4n) is 3.56. The van der Waals surface area contributed by atoms with Gasteiger partial charge in [-0.2, -0.15) is 0 Å². The highest BCUT2D eigenvalue weighted by molar-refractivity contribution is 7.23. The van der Waals surface area contributed by atoms with Crippen molar-refractivity contribution in [3.05, 3.63) is 66.7 Å². The second-order valence-corrected chi connectivity index (χ2v) is 7.60. The van der Waals surface area contributed by atoms with Crippen LogP contribution < -0.4 is 4.90 Å². The third-order valence-electron chi connectivity index (χ3n) is 4.81. The predicted molar refractivity (Wildman–Crippen MR) is 109 cm³/mol. The number of rotatable bonds is 1. The van der Waals surface area contributed by atoms with Gasteiger partial charge in [0.05, 0.1) is 5.00 Å². The molecule has 2 heteroatoms. The number of hydrogen-bond donors (Lipinski definition) is 0. The normalized spacial score (nSPS) is 11.8. The molecule has 5 rings (SSSR count). The van der Waals surface area contributed by atoms with Crippen molar-refractivity contribution < 1.29 is 0 Å². The Kier molecular flexibility index (Phi) is 2.85. The Morgan fingerprint density at radius 2 is 1.33 bits per heavy atom. The molecule has 4 aromatic carbocycles. The highest BCUT2D eigenvalue weighted by Gasteiger charge is 2.09.